The lowest BCUT2D eigenvalue weighted by atomic mass is 9.74. The summed E-state index contributed by atoms with van der Waals surface area (Å²) in [6, 6.07) is 19.2. The van der Waals surface area contributed by atoms with Crippen molar-refractivity contribution < 1.29 is 13.2 Å². The smallest absolute Gasteiger partial charge is 0.283 e. The second-order valence-electron chi connectivity index (χ2n) is 9.56. The van der Waals surface area contributed by atoms with Crippen LogP contribution in [0.2, 0.25) is 0 Å². The molecule has 2 aliphatic rings. The van der Waals surface area contributed by atoms with Crippen molar-refractivity contribution in [1.82, 2.24) is 9.71 Å². The molecule has 1 atom stereocenters. The first kappa shape index (κ1) is 25.3. The number of pyridine rings is 1. The van der Waals surface area contributed by atoms with Gasteiger partial charge in [-0.2, -0.15) is 5.26 Å². The average Bonchev–Trinajstić information content (AvgIpc) is 3.17. The van der Waals surface area contributed by atoms with Crippen LogP contribution < -0.4 is 10.0 Å². The topological polar surface area (TPSA) is 124 Å². The van der Waals surface area contributed by atoms with Crippen molar-refractivity contribution in [2.24, 2.45) is 4.99 Å². The Labute approximate surface area is 222 Å². The number of rotatable bonds is 4. The maximum atomic E-state index is 13.7. The van der Waals surface area contributed by atoms with Crippen molar-refractivity contribution in [3.63, 3.8) is 0 Å². The Morgan fingerprint density at radius 1 is 1.08 bits per heavy atom. The highest BCUT2D eigenvalue weighted by molar-refractivity contribution is 8.31. The predicted molar refractivity (Wildman–Crippen MR) is 147 cm³/mol. The molecular formula is C26H22ClN5O3S2. The molecule has 1 amide bonds. The highest BCUT2D eigenvalue weighted by Crippen LogP contribution is 2.64. The van der Waals surface area contributed by atoms with Crippen LogP contribution >= 0.6 is 22.1 Å². The molecule has 188 valence electrons. The third-order valence-corrected chi connectivity index (χ3v) is 10.4. The number of benzene rings is 2. The fourth-order valence-corrected chi connectivity index (χ4v) is 9.55. The Kier molecular flexibility index (Phi) is 6.08. The van der Waals surface area contributed by atoms with Crippen molar-refractivity contribution in [2.45, 2.75) is 36.0 Å². The van der Waals surface area contributed by atoms with Crippen LogP contribution in [0, 0.1) is 11.3 Å². The van der Waals surface area contributed by atoms with Gasteiger partial charge in [0.2, 0.25) is 10.0 Å². The van der Waals surface area contributed by atoms with E-state index in [1.165, 1.54) is 0 Å². The maximum Gasteiger partial charge on any atom is 0.283 e. The molecule has 8 nitrogen and oxygen atoms in total. The number of carbonyl (C=O) groups is 1. The Balaban J connectivity index is 1.70. The lowest BCUT2D eigenvalue weighted by molar-refractivity contribution is 0.269. The number of halogens is 1. The molecule has 1 spiro atoms. The van der Waals surface area contributed by atoms with Crippen molar-refractivity contribution in [3.05, 3.63) is 89.1 Å². The molecule has 1 unspecified atom stereocenters. The number of aromatic nitrogens is 1. The Hall–Kier alpha value is -3.36. The zero-order chi connectivity index (χ0) is 26.6. The van der Waals surface area contributed by atoms with Crippen LogP contribution in [-0.4, -0.2) is 34.3 Å². The summed E-state index contributed by atoms with van der Waals surface area (Å²) in [4.78, 5) is 22.7. The molecule has 37 heavy (non-hydrogen) atoms. The van der Waals surface area contributed by atoms with E-state index in [9.17, 15) is 18.5 Å². The quantitative estimate of drug-likeness (QED) is 0.270. The summed E-state index contributed by atoms with van der Waals surface area (Å²) >= 11 is 6.69. The van der Waals surface area contributed by atoms with Gasteiger partial charge in [-0.25, -0.2) is 23.1 Å². The maximum absolute atomic E-state index is 13.7. The van der Waals surface area contributed by atoms with Gasteiger partial charge >= 0.3 is 0 Å². The monoisotopic (exact) mass is 551 g/mol. The van der Waals surface area contributed by atoms with Crippen molar-refractivity contribution in [3.8, 4) is 6.07 Å². The van der Waals surface area contributed by atoms with Crippen molar-refractivity contribution >= 4 is 53.3 Å². The summed E-state index contributed by atoms with van der Waals surface area (Å²) in [6.07, 6.45) is 1.55. The molecule has 0 saturated heterocycles. The number of hydrogen-bond donors (Lipinski definition) is 2. The Bertz CT molecular complexity index is 1650. The molecule has 1 aliphatic heterocycles. The van der Waals surface area contributed by atoms with Gasteiger partial charge in [-0.15, -0.1) is 0 Å². The van der Waals surface area contributed by atoms with Crippen molar-refractivity contribution in [2.75, 3.05) is 5.32 Å². The number of sulfonamides is 1. The standard InChI is InChI=1S/C26H22ClN5O3S2/c1-25(2,3)32-37(34,35)21-18-10-7-11-19(21)26(18)22(17-9-6-8-16(14-17)15-28)31-23(27)36(26)24(33)30-20-12-4-5-13-29-20/h4-14,32H,1-3H3,(H,29,30,33). The minimum Gasteiger partial charge on any atom is -0.302 e. The first-order valence-corrected chi connectivity index (χ1v) is 14.3. The third-order valence-electron chi connectivity index (χ3n) is 5.84. The molecule has 2 heterocycles. The second kappa shape index (κ2) is 8.89. The van der Waals surface area contributed by atoms with Crippen LogP contribution in [0.5, 0.6) is 0 Å². The third kappa shape index (κ3) is 4.08. The van der Waals surface area contributed by atoms with Gasteiger partial charge in [0.1, 0.15) is 10.6 Å². The van der Waals surface area contributed by atoms with Gasteiger partial charge in [0.05, 0.1) is 22.2 Å². The van der Waals surface area contributed by atoms with Crippen LogP contribution in [0.1, 0.15) is 43.0 Å². The van der Waals surface area contributed by atoms with Gasteiger partial charge in [-0.1, -0.05) is 48.0 Å². The zero-order valence-electron chi connectivity index (χ0n) is 20.1. The molecule has 11 heteroatoms. The van der Waals surface area contributed by atoms with E-state index in [1.54, 1.807) is 87.6 Å². The predicted octanol–water partition coefficient (Wildman–Crippen LogP) is 4.92. The van der Waals surface area contributed by atoms with E-state index in [2.05, 4.69) is 26.1 Å². The van der Waals surface area contributed by atoms with Crippen molar-refractivity contribution in [1.29, 1.82) is 5.26 Å². The van der Waals surface area contributed by atoms with Crippen LogP contribution in [0.3, 0.4) is 0 Å². The van der Waals surface area contributed by atoms with Crippen LogP contribution in [0.4, 0.5) is 10.6 Å². The minimum atomic E-state index is -3.94. The lowest BCUT2D eigenvalue weighted by Gasteiger charge is -2.45. The summed E-state index contributed by atoms with van der Waals surface area (Å²) in [5.41, 5.74) is 1.55. The van der Waals surface area contributed by atoms with Crippen LogP contribution in [0.15, 0.2) is 76.7 Å². The molecule has 2 aromatic carbocycles. The summed E-state index contributed by atoms with van der Waals surface area (Å²) < 4.78 is 28.5. The van der Waals surface area contributed by atoms with E-state index in [0.717, 1.165) is 0 Å². The number of carbonyl (C=O) groups excluding carboxylic acids is 1. The molecule has 2 N–H and O–H groups in total. The van der Waals surface area contributed by atoms with Gasteiger partial charge in [-0.3, -0.25) is 4.79 Å². The van der Waals surface area contributed by atoms with E-state index in [4.69, 9.17) is 11.6 Å². The number of nitrogens with zero attached hydrogens (tertiary/aromatic N) is 3. The first-order valence-electron chi connectivity index (χ1n) is 11.3. The summed E-state index contributed by atoms with van der Waals surface area (Å²) in [7, 11) is -5.36. The first-order chi connectivity index (χ1) is 17.5. The van der Waals surface area contributed by atoms with E-state index in [1.807, 2.05) is 0 Å². The van der Waals surface area contributed by atoms with Gasteiger partial charge < -0.3 is 5.32 Å². The average molecular weight is 552 g/mol. The molecule has 3 aromatic rings. The van der Waals surface area contributed by atoms with E-state index < -0.39 is 36.0 Å². The second-order valence-corrected chi connectivity index (χ2v) is 13.7. The number of hydrogen-bond acceptors (Lipinski definition) is 6. The number of anilines is 1. The van der Waals surface area contributed by atoms with E-state index in [-0.39, 0.29) is 9.34 Å². The number of fused-ring (bicyclic) bond motifs is 4. The molecule has 0 radical (unpaired) electrons. The lowest BCUT2D eigenvalue weighted by Crippen LogP contribution is -2.49. The fourth-order valence-electron chi connectivity index (χ4n) is 4.64. The minimum absolute atomic E-state index is 0.0460. The van der Waals surface area contributed by atoms with Gasteiger partial charge in [0.25, 0.3) is 5.24 Å². The molecule has 0 saturated carbocycles. The largest absolute Gasteiger partial charge is 0.302 e. The molecule has 0 fully saturated rings. The van der Waals surface area contributed by atoms with Crippen LogP contribution in [-0.2, 0) is 14.8 Å². The summed E-state index contributed by atoms with van der Waals surface area (Å²) in [5.74, 6) is 0.338. The normalized spacial score (nSPS) is 17.6. The highest BCUT2D eigenvalue weighted by atomic mass is 35.5. The van der Waals surface area contributed by atoms with Gasteiger partial charge in [-0.05, 0) is 72.2 Å². The molecular weight excluding hydrogens is 530 g/mol. The van der Waals surface area contributed by atoms with Gasteiger partial charge in [0, 0.05) is 11.7 Å². The van der Waals surface area contributed by atoms with Gasteiger partial charge in [0.15, 0.2) is 4.45 Å². The molecule has 5 rings (SSSR count). The molecule has 1 aromatic heterocycles. The number of nitriles is 1. The Morgan fingerprint density at radius 3 is 2.41 bits per heavy atom. The number of aliphatic imine (C=N–C) groups is 1. The Morgan fingerprint density at radius 2 is 1.78 bits per heavy atom. The number of nitrogens with one attached hydrogen (secondary N) is 2. The molecule has 2 bridgehead atoms. The highest BCUT2D eigenvalue weighted by Gasteiger charge is 2.61. The zero-order valence-corrected chi connectivity index (χ0v) is 22.5. The summed E-state index contributed by atoms with van der Waals surface area (Å²) in [6.45, 7) is 5.28. The molecule has 1 aliphatic carbocycles. The van der Waals surface area contributed by atoms with E-state index in [0.29, 0.717) is 33.8 Å². The van der Waals surface area contributed by atoms with Crippen LogP contribution in [0.25, 0.3) is 0 Å². The summed E-state index contributed by atoms with van der Waals surface area (Å²) in [5, 5.41) is 11.8. The number of amides is 1. The SMILES string of the molecule is CC(C)(C)NS(=O)(=O)c1c2cccc1C21C(c2cccc(C#N)c2)=NC(Cl)=S1C(=O)Nc1ccccn1. The van der Waals surface area contributed by atoms with E-state index >= 15 is 0 Å². The fraction of sp³-hybridized carbons (Fsp3) is 0.192.